The summed E-state index contributed by atoms with van der Waals surface area (Å²) in [5.74, 6) is 0.518. The van der Waals surface area contributed by atoms with Gasteiger partial charge in [-0.25, -0.2) is 0 Å². The van der Waals surface area contributed by atoms with Gasteiger partial charge < -0.3 is 5.32 Å². The van der Waals surface area contributed by atoms with Gasteiger partial charge in [0.1, 0.15) is 0 Å². The minimum absolute atomic E-state index is 0.518. The maximum Gasteiger partial charge on any atom is 0.0565 e. The SMILES string of the molecule is CCCNC1CCC(c2cc(-c3cn[nH]c3)c(-c3ccncc3)cc2Cl)CC1. The Morgan fingerprint density at radius 1 is 1.07 bits per heavy atom. The molecule has 5 heteroatoms. The van der Waals surface area contributed by atoms with E-state index in [1.165, 1.54) is 43.2 Å². The van der Waals surface area contributed by atoms with Crippen LogP contribution in [0.1, 0.15) is 50.5 Å². The first-order valence-corrected chi connectivity index (χ1v) is 10.6. The van der Waals surface area contributed by atoms with Gasteiger partial charge in [0.15, 0.2) is 0 Å². The number of nitrogens with one attached hydrogen (secondary N) is 2. The van der Waals surface area contributed by atoms with Crippen molar-refractivity contribution in [1.29, 1.82) is 0 Å². The molecule has 0 amide bonds. The quantitative estimate of drug-likeness (QED) is 0.554. The molecule has 2 heterocycles. The monoisotopic (exact) mass is 394 g/mol. The van der Waals surface area contributed by atoms with Crippen LogP contribution in [0.3, 0.4) is 0 Å². The van der Waals surface area contributed by atoms with Crippen molar-refractivity contribution in [3.63, 3.8) is 0 Å². The van der Waals surface area contributed by atoms with Crippen molar-refractivity contribution in [2.75, 3.05) is 6.54 Å². The first kappa shape index (κ1) is 19.2. The number of aromatic nitrogens is 3. The van der Waals surface area contributed by atoms with Crippen LogP contribution in [0, 0.1) is 0 Å². The van der Waals surface area contributed by atoms with Crippen LogP contribution in [0.15, 0.2) is 49.1 Å². The van der Waals surface area contributed by atoms with Gasteiger partial charge in [0, 0.05) is 35.2 Å². The lowest BCUT2D eigenvalue weighted by Crippen LogP contribution is -2.33. The van der Waals surface area contributed by atoms with E-state index in [2.05, 4.69) is 39.6 Å². The first-order chi connectivity index (χ1) is 13.8. The lowest BCUT2D eigenvalue weighted by Gasteiger charge is -2.30. The maximum absolute atomic E-state index is 6.81. The van der Waals surface area contributed by atoms with Gasteiger partial charge in [0.05, 0.1) is 6.20 Å². The van der Waals surface area contributed by atoms with Crippen LogP contribution in [0.4, 0.5) is 0 Å². The lowest BCUT2D eigenvalue weighted by molar-refractivity contribution is 0.343. The largest absolute Gasteiger partial charge is 0.314 e. The second kappa shape index (κ2) is 8.89. The molecule has 2 N–H and O–H groups in total. The maximum atomic E-state index is 6.81. The van der Waals surface area contributed by atoms with E-state index in [1.54, 1.807) is 0 Å². The van der Waals surface area contributed by atoms with Crippen molar-refractivity contribution in [2.24, 2.45) is 0 Å². The van der Waals surface area contributed by atoms with Crippen molar-refractivity contribution in [1.82, 2.24) is 20.5 Å². The Bertz CT molecular complexity index is 884. The number of nitrogens with zero attached hydrogens (tertiary/aromatic N) is 2. The average molecular weight is 395 g/mol. The van der Waals surface area contributed by atoms with Crippen LogP contribution in [0.5, 0.6) is 0 Å². The third-order valence-corrected chi connectivity index (χ3v) is 6.11. The van der Waals surface area contributed by atoms with E-state index in [4.69, 9.17) is 11.6 Å². The lowest BCUT2D eigenvalue weighted by atomic mass is 9.80. The number of benzene rings is 1. The van der Waals surface area contributed by atoms with Gasteiger partial charge in [0.2, 0.25) is 0 Å². The molecule has 146 valence electrons. The standard InChI is InChI=1S/C23H27ClN4/c1-2-9-26-19-5-3-16(4-6-19)22-12-20(18-14-27-28-15-18)21(13-23(22)24)17-7-10-25-11-8-17/h7-8,10-16,19,26H,2-6,9H2,1H3,(H,27,28). The Hall–Kier alpha value is -2.17. The molecule has 0 spiro atoms. The number of pyridine rings is 1. The number of hydrogen-bond donors (Lipinski definition) is 2. The van der Waals surface area contributed by atoms with Crippen LogP contribution in [-0.2, 0) is 0 Å². The van der Waals surface area contributed by atoms with E-state index in [0.29, 0.717) is 12.0 Å². The number of hydrogen-bond acceptors (Lipinski definition) is 3. The molecule has 0 atom stereocenters. The predicted octanol–water partition coefficient (Wildman–Crippen LogP) is 5.82. The Kier molecular flexibility index (Phi) is 6.08. The summed E-state index contributed by atoms with van der Waals surface area (Å²) in [7, 11) is 0. The van der Waals surface area contributed by atoms with E-state index in [9.17, 15) is 0 Å². The molecule has 4 rings (SSSR count). The zero-order valence-electron chi connectivity index (χ0n) is 16.3. The van der Waals surface area contributed by atoms with Crippen molar-refractivity contribution in [3.8, 4) is 22.3 Å². The highest BCUT2D eigenvalue weighted by molar-refractivity contribution is 6.32. The van der Waals surface area contributed by atoms with E-state index in [1.807, 2.05) is 36.9 Å². The number of aromatic amines is 1. The number of rotatable bonds is 6. The number of halogens is 1. The fraction of sp³-hybridized carbons (Fsp3) is 0.391. The summed E-state index contributed by atoms with van der Waals surface area (Å²) >= 11 is 6.81. The smallest absolute Gasteiger partial charge is 0.0565 e. The van der Waals surface area contributed by atoms with E-state index >= 15 is 0 Å². The average Bonchev–Trinajstić information content (AvgIpc) is 3.28. The fourth-order valence-electron chi connectivity index (χ4n) is 4.27. The molecule has 1 aliphatic rings. The minimum Gasteiger partial charge on any atom is -0.314 e. The molecule has 4 nitrogen and oxygen atoms in total. The summed E-state index contributed by atoms with van der Waals surface area (Å²) < 4.78 is 0. The van der Waals surface area contributed by atoms with Gasteiger partial charge in [-0.3, -0.25) is 10.1 Å². The highest BCUT2D eigenvalue weighted by atomic mass is 35.5. The van der Waals surface area contributed by atoms with Gasteiger partial charge >= 0.3 is 0 Å². The van der Waals surface area contributed by atoms with Crippen molar-refractivity contribution < 1.29 is 0 Å². The zero-order chi connectivity index (χ0) is 19.3. The van der Waals surface area contributed by atoms with Crippen LogP contribution < -0.4 is 5.32 Å². The molecule has 0 aliphatic heterocycles. The number of H-pyrrole nitrogens is 1. The molecule has 0 radical (unpaired) electrons. The molecule has 2 aromatic heterocycles. The third kappa shape index (κ3) is 4.13. The summed E-state index contributed by atoms with van der Waals surface area (Å²) in [6.07, 6.45) is 13.5. The molecule has 1 saturated carbocycles. The van der Waals surface area contributed by atoms with Crippen LogP contribution in [0.2, 0.25) is 5.02 Å². The van der Waals surface area contributed by atoms with E-state index < -0.39 is 0 Å². The molecule has 0 bridgehead atoms. The van der Waals surface area contributed by atoms with Gasteiger partial charge in [-0.15, -0.1) is 0 Å². The highest BCUT2D eigenvalue weighted by Gasteiger charge is 2.25. The van der Waals surface area contributed by atoms with Crippen molar-refractivity contribution in [3.05, 3.63) is 59.6 Å². The summed E-state index contributed by atoms with van der Waals surface area (Å²) in [6, 6.07) is 9.11. The Morgan fingerprint density at radius 2 is 1.82 bits per heavy atom. The van der Waals surface area contributed by atoms with Crippen molar-refractivity contribution >= 4 is 11.6 Å². The topological polar surface area (TPSA) is 53.6 Å². The molecular weight excluding hydrogens is 368 g/mol. The Morgan fingerprint density at radius 3 is 2.50 bits per heavy atom. The highest BCUT2D eigenvalue weighted by Crippen LogP contribution is 2.42. The zero-order valence-corrected chi connectivity index (χ0v) is 17.0. The fourth-order valence-corrected chi connectivity index (χ4v) is 4.59. The first-order valence-electron chi connectivity index (χ1n) is 10.2. The summed E-state index contributed by atoms with van der Waals surface area (Å²) in [6.45, 7) is 3.33. The van der Waals surface area contributed by atoms with Crippen LogP contribution in [0.25, 0.3) is 22.3 Å². The third-order valence-electron chi connectivity index (χ3n) is 5.79. The van der Waals surface area contributed by atoms with Crippen molar-refractivity contribution in [2.45, 2.75) is 51.0 Å². The molecular formula is C23H27ClN4. The molecule has 1 aliphatic carbocycles. The van der Waals surface area contributed by atoms with E-state index in [0.717, 1.165) is 28.3 Å². The Balaban J connectivity index is 1.66. The predicted molar refractivity (Wildman–Crippen MR) is 116 cm³/mol. The van der Waals surface area contributed by atoms with Gasteiger partial charge in [-0.05, 0) is 91.1 Å². The second-order valence-corrected chi connectivity index (χ2v) is 8.05. The normalized spacial score (nSPS) is 19.6. The molecule has 1 aromatic carbocycles. The summed E-state index contributed by atoms with van der Waals surface area (Å²) in [5.41, 5.74) is 5.76. The molecule has 0 unspecified atom stereocenters. The molecule has 28 heavy (non-hydrogen) atoms. The second-order valence-electron chi connectivity index (χ2n) is 7.64. The van der Waals surface area contributed by atoms with Crippen LogP contribution >= 0.6 is 11.6 Å². The summed E-state index contributed by atoms with van der Waals surface area (Å²) in [5, 5.41) is 11.6. The molecule has 3 aromatic rings. The Labute approximate surface area is 171 Å². The van der Waals surface area contributed by atoms with E-state index in [-0.39, 0.29) is 0 Å². The van der Waals surface area contributed by atoms with Crippen LogP contribution in [-0.4, -0.2) is 27.8 Å². The minimum atomic E-state index is 0.518. The molecule has 0 saturated heterocycles. The van der Waals surface area contributed by atoms with Gasteiger partial charge in [-0.2, -0.15) is 5.10 Å². The van der Waals surface area contributed by atoms with Gasteiger partial charge in [0.25, 0.3) is 0 Å². The van der Waals surface area contributed by atoms with Gasteiger partial charge in [-0.1, -0.05) is 18.5 Å². The summed E-state index contributed by atoms with van der Waals surface area (Å²) in [4.78, 5) is 4.15. The molecule has 1 fully saturated rings.